The molecule has 0 fully saturated rings. The molecule has 8 heteroatoms. The van der Waals surface area contributed by atoms with Crippen LogP contribution >= 0.6 is 0 Å². The summed E-state index contributed by atoms with van der Waals surface area (Å²) in [5.41, 5.74) is 0. The Bertz CT molecular complexity index is 353. The highest BCUT2D eigenvalue weighted by molar-refractivity contribution is 7.90. The first kappa shape index (κ1) is 15.9. The van der Waals surface area contributed by atoms with Gasteiger partial charge in [0.05, 0.1) is 12.3 Å². The Balaban J connectivity index is 3.94. The molecule has 3 N–H and O–H groups in total. The lowest BCUT2D eigenvalue weighted by Gasteiger charge is -2.06. The van der Waals surface area contributed by atoms with E-state index in [-0.39, 0.29) is 31.0 Å². The predicted octanol–water partition coefficient (Wildman–Crippen LogP) is -1.43. The highest BCUT2D eigenvalue weighted by Crippen LogP contribution is 1.94. The Morgan fingerprint density at radius 1 is 1.18 bits per heavy atom. The van der Waals surface area contributed by atoms with Gasteiger partial charge in [-0.3, -0.25) is 14.3 Å². The second-order valence-electron chi connectivity index (χ2n) is 3.43. The maximum atomic E-state index is 11.4. The van der Waals surface area contributed by atoms with E-state index >= 15 is 0 Å². The number of carbonyl (C=O) groups is 2. The van der Waals surface area contributed by atoms with Gasteiger partial charge in [0.2, 0.25) is 21.8 Å². The Morgan fingerprint density at radius 2 is 1.82 bits per heavy atom. The van der Waals surface area contributed by atoms with Gasteiger partial charge in [0.1, 0.15) is 0 Å². The molecule has 0 aromatic carbocycles. The van der Waals surface area contributed by atoms with Crippen molar-refractivity contribution in [3.8, 4) is 0 Å². The standard InChI is InChI=1S/C9H19N3O4S/c1-3-11-8(13)5-4-6-17(15,16)12-9(14)7-10-2/h10H,3-7H2,1-2H3,(H,11,13)(H,12,14). The zero-order valence-corrected chi connectivity index (χ0v) is 10.9. The molecule has 0 aliphatic heterocycles. The fourth-order valence-corrected chi connectivity index (χ4v) is 2.17. The van der Waals surface area contributed by atoms with Gasteiger partial charge in [-0.05, 0) is 20.4 Å². The highest BCUT2D eigenvalue weighted by Gasteiger charge is 2.14. The first-order valence-electron chi connectivity index (χ1n) is 5.36. The summed E-state index contributed by atoms with van der Waals surface area (Å²) in [6.45, 7) is 2.24. The van der Waals surface area contributed by atoms with Gasteiger partial charge < -0.3 is 10.6 Å². The molecule has 0 unspecified atom stereocenters. The molecule has 0 rings (SSSR count). The molecule has 2 amide bonds. The Labute approximate surface area is 101 Å². The number of sulfonamides is 1. The number of likely N-dealkylation sites (N-methyl/N-ethyl adjacent to an activating group) is 1. The molecular formula is C9H19N3O4S. The molecule has 17 heavy (non-hydrogen) atoms. The maximum Gasteiger partial charge on any atom is 0.247 e. The van der Waals surface area contributed by atoms with Crippen molar-refractivity contribution in [1.29, 1.82) is 0 Å². The van der Waals surface area contributed by atoms with Gasteiger partial charge >= 0.3 is 0 Å². The van der Waals surface area contributed by atoms with Crippen LogP contribution in [0, 0.1) is 0 Å². The first-order chi connectivity index (χ1) is 7.91. The van der Waals surface area contributed by atoms with Crippen LogP contribution in [0.15, 0.2) is 0 Å². The van der Waals surface area contributed by atoms with Crippen molar-refractivity contribution in [2.75, 3.05) is 25.9 Å². The normalized spacial score (nSPS) is 10.9. The topological polar surface area (TPSA) is 104 Å². The zero-order chi connectivity index (χ0) is 13.3. The van der Waals surface area contributed by atoms with E-state index in [1.165, 1.54) is 0 Å². The number of carbonyl (C=O) groups excluding carboxylic acids is 2. The van der Waals surface area contributed by atoms with Crippen LogP contribution in [0.1, 0.15) is 19.8 Å². The molecule has 0 radical (unpaired) electrons. The minimum Gasteiger partial charge on any atom is -0.356 e. The molecule has 0 atom stereocenters. The van der Waals surface area contributed by atoms with Crippen molar-refractivity contribution < 1.29 is 18.0 Å². The van der Waals surface area contributed by atoms with E-state index in [1.54, 1.807) is 14.0 Å². The third kappa shape index (κ3) is 8.64. The van der Waals surface area contributed by atoms with Crippen molar-refractivity contribution in [2.45, 2.75) is 19.8 Å². The van der Waals surface area contributed by atoms with Gasteiger partial charge in [-0.2, -0.15) is 0 Å². The van der Waals surface area contributed by atoms with E-state index in [2.05, 4.69) is 10.6 Å². The zero-order valence-electron chi connectivity index (χ0n) is 10.1. The van der Waals surface area contributed by atoms with E-state index in [1.807, 2.05) is 4.72 Å². The molecule has 0 heterocycles. The number of rotatable bonds is 8. The highest BCUT2D eigenvalue weighted by atomic mass is 32.2. The van der Waals surface area contributed by atoms with Gasteiger partial charge in [-0.15, -0.1) is 0 Å². The molecule has 0 aromatic heterocycles. The van der Waals surface area contributed by atoms with Crippen molar-refractivity contribution in [3.05, 3.63) is 0 Å². The van der Waals surface area contributed by atoms with Crippen LogP contribution in [0.4, 0.5) is 0 Å². The third-order valence-corrected chi connectivity index (χ3v) is 3.16. The molecule has 0 saturated carbocycles. The van der Waals surface area contributed by atoms with Crippen LogP contribution in [0.5, 0.6) is 0 Å². The van der Waals surface area contributed by atoms with Crippen LogP contribution in [0.3, 0.4) is 0 Å². The maximum absolute atomic E-state index is 11.4. The minimum absolute atomic E-state index is 0.0600. The Morgan fingerprint density at radius 3 is 2.35 bits per heavy atom. The van der Waals surface area contributed by atoms with Crippen LogP contribution in [0.25, 0.3) is 0 Å². The fourth-order valence-electron chi connectivity index (χ4n) is 1.13. The lowest BCUT2D eigenvalue weighted by Crippen LogP contribution is -2.38. The Kier molecular flexibility index (Phi) is 7.47. The van der Waals surface area contributed by atoms with E-state index in [0.717, 1.165) is 0 Å². The van der Waals surface area contributed by atoms with Gasteiger partial charge in [-0.1, -0.05) is 0 Å². The van der Waals surface area contributed by atoms with Gasteiger partial charge in [0.15, 0.2) is 0 Å². The predicted molar refractivity (Wildman–Crippen MR) is 63.8 cm³/mol. The monoisotopic (exact) mass is 265 g/mol. The average molecular weight is 265 g/mol. The van der Waals surface area contributed by atoms with Crippen molar-refractivity contribution in [2.24, 2.45) is 0 Å². The fraction of sp³-hybridized carbons (Fsp3) is 0.778. The first-order valence-corrected chi connectivity index (χ1v) is 7.01. The van der Waals surface area contributed by atoms with Gasteiger partial charge in [0, 0.05) is 13.0 Å². The van der Waals surface area contributed by atoms with Crippen molar-refractivity contribution in [3.63, 3.8) is 0 Å². The van der Waals surface area contributed by atoms with E-state index in [0.29, 0.717) is 6.54 Å². The summed E-state index contributed by atoms with van der Waals surface area (Å²) in [5.74, 6) is -1.03. The molecule has 0 aromatic rings. The van der Waals surface area contributed by atoms with Crippen molar-refractivity contribution >= 4 is 21.8 Å². The van der Waals surface area contributed by atoms with Gasteiger partial charge in [0.25, 0.3) is 0 Å². The summed E-state index contributed by atoms with van der Waals surface area (Å²) in [4.78, 5) is 22.1. The summed E-state index contributed by atoms with van der Waals surface area (Å²) in [5, 5.41) is 5.10. The van der Waals surface area contributed by atoms with Crippen LogP contribution in [-0.4, -0.2) is 46.1 Å². The summed E-state index contributed by atoms with van der Waals surface area (Å²) < 4.78 is 24.6. The molecule has 100 valence electrons. The average Bonchev–Trinajstić information content (AvgIpc) is 2.16. The summed E-state index contributed by atoms with van der Waals surface area (Å²) in [6, 6.07) is 0. The molecule has 0 saturated heterocycles. The second kappa shape index (κ2) is 8.02. The third-order valence-electron chi connectivity index (χ3n) is 1.80. The summed E-state index contributed by atoms with van der Waals surface area (Å²) >= 11 is 0. The van der Waals surface area contributed by atoms with E-state index in [4.69, 9.17) is 0 Å². The summed E-state index contributed by atoms with van der Waals surface area (Å²) in [7, 11) is -2.09. The molecular weight excluding hydrogens is 246 g/mol. The second-order valence-corrected chi connectivity index (χ2v) is 5.27. The van der Waals surface area contributed by atoms with Crippen molar-refractivity contribution in [1.82, 2.24) is 15.4 Å². The number of hydrogen-bond donors (Lipinski definition) is 3. The molecule has 0 bridgehead atoms. The molecule has 7 nitrogen and oxygen atoms in total. The molecule has 0 spiro atoms. The quantitative estimate of drug-likeness (QED) is 0.499. The van der Waals surface area contributed by atoms with Crippen LogP contribution in [-0.2, 0) is 19.6 Å². The lowest BCUT2D eigenvalue weighted by molar-refractivity contribution is -0.121. The largest absolute Gasteiger partial charge is 0.356 e. The Hall–Kier alpha value is -1.15. The van der Waals surface area contributed by atoms with E-state index in [9.17, 15) is 18.0 Å². The number of amides is 2. The number of hydrogen-bond acceptors (Lipinski definition) is 5. The van der Waals surface area contributed by atoms with Gasteiger partial charge in [-0.25, -0.2) is 8.42 Å². The smallest absolute Gasteiger partial charge is 0.247 e. The van der Waals surface area contributed by atoms with E-state index < -0.39 is 15.9 Å². The summed E-state index contributed by atoms with van der Waals surface area (Å²) in [6.07, 6.45) is 0.322. The van der Waals surface area contributed by atoms with Crippen LogP contribution in [0.2, 0.25) is 0 Å². The van der Waals surface area contributed by atoms with Crippen LogP contribution < -0.4 is 15.4 Å². The molecule has 0 aliphatic carbocycles. The molecule has 0 aliphatic rings. The SMILES string of the molecule is CCNC(=O)CCCS(=O)(=O)NC(=O)CNC. The number of nitrogens with one attached hydrogen (secondary N) is 3. The minimum atomic E-state index is -3.63. The lowest BCUT2D eigenvalue weighted by atomic mass is 10.3.